The van der Waals surface area contributed by atoms with E-state index in [1.807, 2.05) is 0 Å². The van der Waals surface area contributed by atoms with Crippen molar-refractivity contribution in [1.29, 1.82) is 0 Å². The average Bonchev–Trinajstić information content (AvgIpc) is 3.05. The summed E-state index contributed by atoms with van der Waals surface area (Å²) in [5.74, 6) is 1.31. The van der Waals surface area contributed by atoms with Gasteiger partial charge in [-0.1, -0.05) is 88.4 Å². The Labute approximate surface area is 261 Å². The zero-order valence-electron chi connectivity index (χ0n) is 26.4. The summed E-state index contributed by atoms with van der Waals surface area (Å²) in [6.07, 6.45) is 9.28. The third-order valence-corrected chi connectivity index (χ3v) is 13.1. The van der Waals surface area contributed by atoms with E-state index in [9.17, 15) is 0 Å². The monoisotopic (exact) mass is 628 g/mol. The fourth-order valence-corrected chi connectivity index (χ4v) is 10.3. The van der Waals surface area contributed by atoms with Gasteiger partial charge in [0, 0.05) is 0 Å². The molecule has 6 rings (SSSR count). The van der Waals surface area contributed by atoms with Crippen molar-refractivity contribution >= 4 is 17.2 Å². The molecule has 0 N–H and O–H groups in total. The number of benzene rings is 2. The first kappa shape index (κ1) is 32.0. The molecule has 2 saturated heterocycles. The van der Waals surface area contributed by atoms with Gasteiger partial charge in [-0.2, -0.15) is 0 Å². The molecule has 2 saturated carbocycles. The highest BCUT2D eigenvalue weighted by atomic mass is 31.2. The molecule has 0 amide bonds. The van der Waals surface area contributed by atoms with Crippen molar-refractivity contribution in [3.8, 4) is 0 Å². The highest BCUT2D eigenvalue weighted by molar-refractivity contribution is 7.42. The standard InChI is InChI=1S/C35H50O6P2/c1-33(2,27-11-7-5-8-12-27)29-15-19-31(20-16-29)40-42-36-23-35(24-37-42)25-38-43(39-26-35)41-32-21-17-30(18-22-32)34(3,4)28-13-9-6-10-14-28/h5-14,29-32H,15-26H2,1-4H3. The molecule has 4 fully saturated rings. The van der Waals surface area contributed by atoms with Crippen molar-refractivity contribution in [2.45, 2.75) is 102 Å². The first-order chi connectivity index (χ1) is 20.7. The maximum absolute atomic E-state index is 6.33. The SMILES string of the molecule is CC(C)(c1ccccc1)C1CCC(OP2OCC3(CO2)COP(OC2CCC(C(C)(C)c4ccccc4)CC2)OC3)CC1. The summed E-state index contributed by atoms with van der Waals surface area (Å²) in [7, 11) is -2.65. The second-order valence-electron chi connectivity index (χ2n) is 14.4. The molecule has 0 radical (unpaired) electrons. The molecule has 0 atom stereocenters. The van der Waals surface area contributed by atoms with E-state index in [1.54, 1.807) is 0 Å². The Morgan fingerprint density at radius 2 is 0.860 bits per heavy atom. The van der Waals surface area contributed by atoms with Gasteiger partial charge in [0.2, 0.25) is 0 Å². The second kappa shape index (κ2) is 13.8. The Balaban J connectivity index is 0.886. The van der Waals surface area contributed by atoms with Crippen LogP contribution in [0, 0.1) is 17.3 Å². The average molecular weight is 629 g/mol. The fraction of sp³-hybridized carbons (Fsp3) is 0.657. The molecule has 6 nitrogen and oxygen atoms in total. The third-order valence-electron chi connectivity index (χ3n) is 10.8. The van der Waals surface area contributed by atoms with Crippen LogP contribution >= 0.6 is 17.2 Å². The van der Waals surface area contributed by atoms with Gasteiger partial charge in [0.1, 0.15) is 0 Å². The molecule has 2 aromatic rings. The van der Waals surface area contributed by atoms with Gasteiger partial charge in [-0.25, -0.2) is 0 Å². The van der Waals surface area contributed by atoms with Crippen LogP contribution in [0.5, 0.6) is 0 Å². The Kier molecular flexibility index (Phi) is 10.3. The van der Waals surface area contributed by atoms with E-state index in [4.69, 9.17) is 27.1 Å². The van der Waals surface area contributed by atoms with Gasteiger partial charge in [0.25, 0.3) is 0 Å². The smallest absolute Gasteiger partial charge is 0.311 e. The van der Waals surface area contributed by atoms with E-state index in [0.717, 1.165) is 51.4 Å². The second-order valence-corrected chi connectivity index (χ2v) is 16.7. The lowest BCUT2D eigenvalue weighted by molar-refractivity contribution is -0.0848. The third kappa shape index (κ3) is 7.55. The van der Waals surface area contributed by atoms with Crippen LogP contribution < -0.4 is 0 Å². The molecule has 2 aliphatic heterocycles. The van der Waals surface area contributed by atoms with Gasteiger partial charge < -0.3 is 27.1 Å². The van der Waals surface area contributed by atoms with Crippen LogP contribution in [0.25, 0.3) is 0 Å². The number of hydrogen-bond donors (Lipinski definition) is 0. The van der Waals surface area contributed by atoms with Gasteiger partial charge in [-0.15, -0.1) is 0 Å². The minimum atomic E-state index is -1.32. The molecule has 2 heterocycles. The largest absolute Gasteiger partial charge is 0.332 e. The van der Waals surface area contributed by atoms with Crippen LogP contribution in [-0.2, 0) is 38.0 Å². The van der Waals surface area contributed by atoms with Crippen molar-refractivity contribution in [2.24, 2.45) is 17.3 Å². The highest BCUT2D eigenvalue weighted by Crippen LogP contribution is 2.55. The summed E-state index contributed by atoms with van der Waals surface area (Å²) in [6.45, 7) is 11.7. The predicted molar refractivity (Wildman–Crippen MR) is 173 cm³/mol. The maximum Gasteiger partial charge on any atom is 0.332 e. The topological polar surface area (TPSA) is 55.4 Å². The van der Waals surface area contributed by atoms with Crippen LogP contribution in [0.1, 0.15) is 90.2 Å². The molecule has 43 heavy (non-hydrogen) atoms. The molecular formula is C35H50O6P2. The van der Waals surface area contributed by atoms with Crippen molar-refractivity contribution in [1.82, 2.24) is 0 Å². The van der Waals surface area contributed by atoms with Crippen molar-refractivity contribution in [3.63, 3.8) is 0 Å². The van der Waals surface area contributed by atoms with E-state index in [0.29, 0.717) is 38.3 Å². The van der Waals surface area contributed by atoms with E-state index in [2.05, 4.69) is 88.4 Å². The molecule has 4 aliphatic rings. The van der Waals surface area contributed by atoms with Gasteiger partial charge >= 0.3 is 17.2 Å². The number of hydrogen-bond acceptors (Lipinski definition) is 6. The van der Waals surface area contributed by atoms with Crippen LogP contribution in [-0.4, -0.2) is 38.6 Å². The summed E-state index contributed by atoms with van der Waals surface area (Å²) in [4.78, 5) is 0. The van der Waals surface area contributed by atoms with Crippen molar-refractivity contribution in [3.05, 3.63) is 71.8 Å². The van der Waals surface area contributed by atoms with Crippen LogP contribution in [0.4, 0.5) is 0 Å². The Morgan fingerprint density at radius 3 is 1.19 bits per heavy atom. The van der Waals surface area contributed by atoms with Gasteiger partial charge in [-0.3, -0.25) is 0 Å². The van der Waals surface area contributed by atoms with Gasteiger partial charge in [0.05, 0.1) is 44.1 Å². The van der Waals surface area contributed by atoms with Crippen molar-refractivity contribution < 1.29 is 27.1 Å². The quantitative estimate of drug-likeness (QED) is 0.272. The van der Waals surface area contributed by atoms with Crippen LogP contribution in [0.2, 0.25) is 0 Å². The van der Waals surface area contributed by atoms with Crippen LogP contribution in [0.15, 0.2) is 60.7 Å². The van der Waals surface area contributed by atoms with E-state index < -0.39 is 17.2 Å². The van der Waals surface area contributed by atoms with Gasteiger partial charge in [-0.05, 0) is 85.2 Å². The number of rotatable bonds is 8. The summed E-state index contributed by atoms with van der Waals surface area (Å²) in [5.41, 5.74) is 2.91. The fourth-order valence-electron chi connectivity index (χ4n) is 7.43. The minimum absolute atomic E-state index is 0.171. The highest BCUT2D eigenvalue weighted by Gasteiger charge is 2.46. The first-order valence-electron chi connectivity index (χ1n) is 16.3. The lowest BCUT2D eigenvalue weighted by atomic mass is 9.67. The molecule has 1 spiro atoms. The molecule has 0 bridgehead atoms. The minimum Gasteiger partial charge on any atom is -0.311 e. The molecule has 0 unspecified atom stereocenters. The van der Waals surface area contributed by atoms with E-state index in [-0.39, 0.29) is 28.5 Å². The Morgan fingerprint density at radius 1 is 0.535 bits per heavy atom. The van der Waals surface area contributed by atoms with Gasteiger partial charge in [0.15, 0.2) is 0 Å². The summed E-state index contributed by atoms with van der Waals surface area (Å²) < 4.78 is 37.2. The molecule has 236 valence electrons. The Hall–Kier alpha value is -0.940. The molecule has 2 aromatic carbocycles. The first-order valence-corrected chi connectivity index (χ1v) is 18.5. The lowest BCUT2D eigenvalue weighted by Gasteiger charge is -2.44. The van der Waals surface area contributed by atoms with Crippen LogP contribution in [0.3, 0.4) is 0 Å². The summed E-state index contributed by atoms with van der Waals surface area (Å²) >= 11 is 0. The van der Waals surface area contributed by atoms with Crippen molar-refractivity contribution in [2.75, 3.05) is 26.4 Å². The van der Waals surface area contributed by atoms with E-state index in [1.165, 1.54) is 11.1 Å². The molecule has 0 aromatic heterocycles. The maximum atomic E-state index is 6.33. The molecule has 8 heteroatoms. The zero-order chi connectivity index (χ0) is 29.9. The zero-order valence-corrected chi connectivity index (χ0v) is 28.2. The summed E-state index contributed by atoms with van der Waals surface area (Å²) in [6, 6.07) is 21.8. The van der Waals surface area contributed by atoms with E-state index >= 15 is 0 Å². The predicted octanol–water partition coefficient (Wildman–Crippen LogP) is 9.63. The molecule has 2 aliphatic carbocycles. The Bertz CT molecular complexity index is 1030. The summed E-state index contributed by atoms with van der Waals surface area (Å²) in [5, 5.41) is 0. The molecular weight excluding hydrogens is 578 g/mol. The lowest BCUT2D eigenvalue weighted by Crippen LogP contribution is -2.45. The normalized spacial score (nSPS) is 34.2.